The Morgan fingerprint density at radius 3 is 2.83 bits per heavy atom. The maximum absolute atomic E-state index is 12.3. The molecule has 0 radical (unpaired) electrons. The lowest BCUT2D eigenvalue weighted by molar-refractivity contribution is -0.135. The topological polar surface area (TPSA) is 86.7 Å². The molecule has 1 fully saturated rings. The number of carbonyl (C=O) groups is 3. The van der Waals surface area contributed by atoms with Gasteiger partial charge in [-0.05, 0) is 31.4 Å². The summed E-state index contributed by atoms with van der Waals surface area (Å²) in [7, 11) is 0. The zero-order valence-electron chi connectivity index (χ0n) is 13.2. The van der Waals surface area contributed by atoms with E-state index in [-0.39, 0.29) is 22.6 Å². The number of hydrogen-bond acceptors (Lipinski definition) is 4. The van der Waals surface area contributed by atoms with Crippen molar-refractivity contribution in [3.63, 3.8) is 0 Å². The minimum absolute atomic E-state index is 0.0655. The first-order valence-electron chi connectivity index (χ1n) is 7.88. The predicted molar refractivity (Wildman–Crippen MR) is 87.3 cm³/mol. The standard InChI is InChI=1S/C16H22N2O4S/c1-2-4-14(19)18-8-3-5-11(10-18)15(20)17-9-12-6-7-13(23-12)16(21)22/h6-7,11H,2-5,8-10H2,1H3,(H,17,20)(H,21,22). The van der Waals surface area contributed by atoms with Gasteiger partial charge < -0.3 is 15.3 Å². The fraction of sp³-hybridized carbons (Fsp3) is 0.562. The highest BCUT2D eigenvalue weighted by atomic mass is 32.1. The number of rotatable bonds is 6. The Bertz CT molecular complexity index is 584. The molecular weight excluding hydrogens is 316 g/mol. The fourth-order valence-corrected chi connectivity index (χ4v) is 3.48. The summed E-state index contributed by atoms with van der Waals surface area (Å²) in [5.41, 5.74) is 0. The van der Waals surface area contributed by atoms with Gasteiger partial charge in [0.15, 0.2) is 0 Å². The smallest absolute Gasteiger partial charge is 0.345 e. The Morgan fingerprint density at radius 2 is 2.17 bits per heavy atom. The lowest BCUT2D eigenvalue weighted by atomic mass is 9.96. The summed E-state index contributed by atoms with van der Waals surface area (Å²) in [4.78, 5) is 37.9. The average Bonchev–Trinajstić information content (AvgIpc) is 3.02. The zero-order valence-corrected chi connectivity index (χ0v) is 14.0. The molecule has 0 aliphatic carbocycles. The normalized spacial score (nSPS) is 17.8. The van der Waals surface area contributed by atoms with Crippen LogP contribution in [0.25, 0.3) is 0 Å². The summed E-state index contributed by atoms with van der Waals surface area (Å²) in [6.45, 7) is 3.51. The van der Waals surface area contributed by atoms with E-state index in [1.165, 1.54) is 0 Å². The van der Waals surface area contributed by atoms with Crippen molar-refractivity contribution < 1.29 is 19.5 Å². The van der Waals surface area contributed by atoms with Gasteiger partial charge in [-0.1, -0.05) is 6.92 Å². The molecule has 7 heteroatoms. The second kappa shape index (κ2) is 8.10. The van der Waals surface area contributed by atoms with Crippen LogP contribution in [0.5, 0.6) is 0 Å². The van der Waals surface area contributed by atoms with E-state index in [4.69, 9.17) is 5.11 Å². The third-order valence-electron chi connectivity index (χ3n) is 3.92. The minimum atomic E-state index is -0.954. The van der Waals surface area contributed by atoms with Gasteiger partial charge >= 0.3 is 5.97 Å². The number of amides is 2. The number of piperidine rings is 1. The molecule has 1 aromatic heterocycles. The number of aromatic carboxylic acids is 1. The van der Waals surface area contributed by atoms with Crippen LogP contribution < -0.4 is 5.32 Å². The van der Waals surface area contributed by atoms with Crippen molar-refractivity contribution in [2.45, 2.75) is 39.2 Å². The molecule has 2 N–H and O–H groups in total. The number of carboxylic acids is 1. The first kappa shape index (κ1) is 17.5. The van der Waals surface area contributed by atoms with E-state index in [9.17, 15) is 14.4 Å². The Labute approximate surface area is 139 Å². The Morgan fingerprint density at radius 1 is 1.39 bits per heavy atom. The molecule has 1 aromatic rings. The van der Waals surface area contributed by atoms with Crippen molar-refractivity contribution in [2.24, 2.45) is 5.92 Å². The molecule has 2 amide bonds. The largest absolute Gasteiger partial charge is 0.477 e. The number of nitrogens with one attached hydrogen (secondary N) is 1. The summed E-state index contributed by atoms with van der Waals surface area (Å²) >= 11 is 1.16. The van der Waals surface area contributed by atoms with Crippen molar-refractivity contribution in [1.82, 2.24) is 10.2 Å². The molecule has 2 heterocycles. The second-order valence-electron chi connectivity index (χ2n) is 5.72. The average molecular weight is 338 g/mol. The molecule has 0 bridgehead atoms. The molecule has 6 nitrogen and oxygen atoms in total. The minimum Gasteiger partial charge on any atom is -0.477 e. The molecule has 2 rings (SSSR count). The molecular formula is C16H22N2O4S. The molecule has 1 aliphatic rings. The zero-order chi connectivity index (χ0) is 16.8. The lowest BCUT2D eigenvalue weighted by Gasteiger charge is -2.32. The molecule has 1 aliphatic heterocycles. The monoisotopic (exact) mass is 338 g/mol. The first-order valence-corrected chi connectivity index (χ1v) is 8.70. The van der Waals surface area contributed by atoms with Crippen LogP contribution in [-0.4, -0.2) is 40.9 Å². The van der Waals surface area contributed by atoms with Crippen LogP contribution in [0.15, 0.2) is 12.1 Å². The van der Waals surface area contributed by atoms with Gasteiger partial charge in [-0.25, -0.2) is 4.79 Å². The molecule has 1 unspecified atom stereocenters. The number of likely N-dealkylation sites (tertiary alicyclic amines) is 1. The van der Waals surface area contributed by atoms with E-state index >= 15 is 0 Å². The van der Waals surface area contributed by atoms with Crippen molar-refractivity contribution in [2.75, 3.05) is 13.1 Å². The highest BCUT2D eigenvalue weighted by Crippen LogP contribution is 2.19. The van der Waals surface area contributed by atoms with Gasteiger partial charge in [0.2, 0.25) is 11.8 Å². The maximum Gasteiger partial charge on any atom is 0.345 e. The predicted octanol–water partition coefficient (Wildman–Crippen LogP) is 2.10. The maximum atomic E-state index is 12.3. The number of hydrogen-bond donors (Lipinski definition) is 2. The van der Waals surface area contributed by atoms with Crippen LogP contribution >= 0.6 is 11.3 Å². The Kier molecular flexibility index (Phi) is 6.15. The summed E-state index contributed by atoms with van der Waals surface area (Å²) in [5.74, 6) is -1.08. The molecule has 23 heavy (non-hydrogen) atoms. The van der Waals surface area contributed by atoms with Crippen LogP contribution in [0.3, 0.4) is 0 Å². The lowest BCUT2D eigenvalue weighted by Crippen LogP contribution is -2.45. The van der Waals surface area contributed by atoms with Gasteiger partial charge in [0, 0.05) is 24.4 Å². The second-order valence-corrected chi connectivity index (χ2v) is 6.89. The molecule has 126 valence electrons. The van der Waals surface area contributed by atoms with E-state index in [0.29, 0.717) is 19.5 Å². The summed E-state index contributed by atoms with van der Waals surface area (Å²) in [6.07, 6.45) is 2.97. The number of carbonyl (C=O) groups excluding carboxylic acids is 2. The quantitative estimate of drug-likeness (QED) is 0.831. The van der Waals surface area contributed by atoms with E-state index < -0.39 is 5.97 Å². The third kappa shape index (κ3) is 4.79. The van der Waals surface area contributed by atoms with Crippen molar-refractivity contribution in [3.8, 4) is 0 Å². The summed E-state index contributed by atoms with van der Waals surface area (Å²) < 4.78 is 0. The SMILES string of the molecule is CCCC(=O)N1CCCC(C(=O)NCc2ccc(C(=O)O)s2)C1. The van der Waals surface area contributed by atoms with Gasteiger partial charge in [0.05, 0.1) is 12.5 Å². The Balaban J connectivity index is 1.84. The number of nitrogens with zero attached hydrogens (tertiary/aromatic N) is 1. The van der Waals surface area contributed by atoms with Crippen molar-refractivity contribution in [3.05, 3.63) is 21.9 Å². The van der Waals surface area contributed by atoms with Gasteiger partial charge in [-0.2, -0.15) is 0 Å². The number of thiophene rings is 1. The van der Waals surface area contributed by atoms with Crippen LogP contribution in [0.4, 0.5) is 0 Å². The highest BCUT2D eigenvalue weighted by molar-refractivity contribution is 7.13. The van der Waals surface area contributed by atoms with E-state index in [1.54, 1.807) is 17.0 Å². The van der Waals surface area contributed by atoms with Crippen molar-refractivity contribution in [1.29, 1.82) is 0 Å². The highest BCUT2D eigenvalue weighted by Gasteiger charge is 2.27. The van der Waals surface area contributed by atoms with Crippen LogP contribution in [0.1, 0.15) is 47.2 Å². The van der Waals surface area contributed by atoms with Gasteiger partial charge in [0.25, 0.3) is 0 Å². The molecule has 0 spiro atoms. The summed E-state index contributed by atoms with van der Waals surface area (Å²) in [6, 6.07) is 3.26. The first-order chi connectivity index (χ1) is 11.0. The van der Waals surface area contributed by atoms with Crippen molar-refractivity contribution >= 4 is 29.1 Å². The van der Waals surface area contributed by atoms with Crippen LogP contribution in [0, 0.1) is 5.92 Å². The molecule has 0 aromatic carbocycles. The van der Waals surface area contributed by atoms with Gasteiger partial charge in [-0.15, -0.1) is 11.3 Å². The molecule has 1 saturated heterocycles. The van der Waals surface area contributed by atoms with Crippen LogP contribution in [-0.2, 0) is 16.1 Å². The summed E-state index contributed by atoms with van der Waals surface area (Å²) in [5, 5.41) is 11.7. The molecule has 1 atom stereocenters. The fourth-order valence-electron chi connectivity index (χ4n) is 2.70. The van der Waals surface area contributed by atoms with Gasteiger partial charge in [0.1, 0.15) is 4.88 Å². The number of carboxylic acid groups (broad SMARTS) is 1. The van der Waals surface area contributed by atoms with E-state index in [0.717, 1.165) is 42.0 Å². The van der Waals surface area contributed by atoms with Gasteiger partial charge in [-0.3, -0.25) is 9.59 Å². The van der Waals surface area contributed by atoms with E-state index in [1.807, 2.05) is 6.92 Å². The Hall–Kier alpha value is -1.89. The van der Waals surface area contributed by atoms with E-state index in [2.05, 4.69) is 5.32 Å². The van der Waals surface area contributed by atoms with Crippen LogP contribution in [0.2, 0.25) is 0 Å². The molecule has 0 saturated carbocycles. The third-order valence-corrected chi connectivity index (χ3v) is 4.99.